The van der Waals surface area contributed by atoms with Gasteiger partial charge in [0.1, 0.15) is 5.82 Å². The highest BCUT2D eigenvalue weighted by Gasteiger charge is 2.25. The second-order valence-electron chi connectivity index (χ2n) is 7.60. The molecular weight excluding hydrogens is 386 g/mol. The van der Waals surface area contributed by atoms with E-state index in [0.717, 1.165) is 48.1 Å². The summed E-state index contributed by atoms with van der Waals surface area (Å²) in [6.07, 6.45) is 6.57. The lowest BCUT2D eigenvalue weighted by Crippen LogP contribution is -2.48. The van der Waals surface area contributed by atoms with E-state index in [1.54, 1.807) is 0 Å². The third kappa shape index (κ3) is 3.76. The van der Waals surface area contributed by atoms with Crippen molar-refractivity contribution in [1.29, 1.82) is 0 Å². The maximum absolute atomic E-state index is 12.5. The molecule has 0 unspecified atom stereocenters. The van der Waals surface area contributed by atoms with Crippen LogP contribution in [0.2, 0.25) is 0 Å². The Morgan fingerprint density at radius 3 is 2.62 bits per heavy atom. The number of pyridine rings is 1. The van der Waals surface area contributed by atoms with E-state index in [4.69, 9.17) is 4.52 Å². The van der Waals surface area contributed by atoms with Crippen molar-refractivity contribution in [2.24, 2.45) is 0 Å². The van der Waals surface area contributed by atoms with Crippen LogP contribution in [0.4, 0.5) is 5.82 Å². The quantitative estimate of drug-likeness (QED) is 0.652. The molecule has 1 aliphatic carbocycles. The molecule has 1 amide bonds. The Bertz CT molecular complexity index is 955. The van der Waals surface area contributed by atoms with E-state index in [0.29, 0.717) is 24.8 Å². The zero-order valence-corrected chi connectivity index (χ0v) is 17.0. The van der Waals surface area contributed by atoms with Gasteiger partial charge in [-0.3, -0.25) is 4.79 Å². The summed E-state index contributed by atoms with van der Waals surface area (Å²) in [5, 5.41) is 6.08. The van der Waals surface area contributed by atoms with Crippen LogP contribution in [-0.4, -0.2) is 52.1 Å². The van der Waals surface area contributed by atoms with Gasteiger partial charge in [-0.1, -0.05) is 24.1 Å². The van der Waals surface area contributed by atoms with Crippen molar-refractivity contribution < 1.29 is 9.32 Å². The first-order valence-corrected chi connectivity index (χ1v) is 11.0. The van der Waals surface area contributed by atoms with Crippen molar-refractivity contribution >= 4 is 23.1 Å². The molecule has 3 aromatic rings. The second kappa shape index (κ2) is 7.94. The topological polar surface area (TPSA) is 75.4 Å². The summed E-state index contributed by atoms with van der Waals surface area (Å²) in [6.45, 7) is 2.96. The monoisotopic (exact) mass is 409 g/mol. The van der Waals surface area contributed by atoms with Gasteiger partial charge in [0, 0.05) is 43.9 Å². The van der Waals surface area contributed by atoms with Crippen LogP contribution in [0.1, 0.15) is 47.2 Å². The maximum atomic E-state index is 12.5. The molecule has 0 spiro atoms. The van der Waals surface area contributed by atoms with E-state index in [-0.39, 0.29) is 5.91 Å². The number of amides is 1. The van der Waals surface area contributed by atoms with Crippen LogP contribution in [0.15, 0.2) is 40.4 Å². The molecule has 8 heteroatoms. The minimum atomic E-state index is 0.123. The minimum absolute atomic E-state index is 0.123. The zero-order valence-electron chi connectivity index (χ0n) is 16.2. The highest BCUT2D eigenvalue weighted by atomic mass is 32.1. The van der Waals surface area contributed by atoms with Gasteiger partial charge in [-0.15, -0.1) is 11.3 Å². The standard InChI is InChI=1S/C21H23N5O2S/c27-21(17-6-3-13-29-17)26-11-9-25(10-12-26)18-8-7-16(14-22-18)19-23-20(28-24-19)15-4-1-2-5-15/h3,6-8,13-15H,1-2,4-5,9-12H2. The molecule has 0 aromatic carbocycles. The molecule has 150 valence electrons. The largest absolute Gasteiger partial charge is 0.353 e. The molecule has 2 aliphatic rings. The second-order valence-corrected chi connectivity index (χ2v) is 8.55. The number of carbonyl (C=O) groups is 1. The van der Waals surface area contributed by atoms with Gasteiger partial charge >= 0.3 is 0 Å². The Labute approximate surface area is 173 Å². The number of thiophene rings is 1. The molecule has 1 aliphatic heterocycles. The van der Waals surface area contributed by atoms with Gasteiger partial charge in [0.2, 0.25) is 11.7 Å². The van der Waals surface area contributed by atoms with E-state index in [1.807, 2.05) is 40.7 Å². The summed E-state index contributed by atoms with van der Waals surface area (Å²) < 4.78 is 5.48. The molecule has 2 fully saturated rings. The Hall–Kier alpha value is -2.74. The van der Waals surface area contributed by atoms with E-state index in [2.05, 4.69) is 20.0 Å². The van der Waals surface area contributed by atoms with Crippen molar-refractivity contribution in [3.8, 4) is 11.4 Å². The molecule has 29 heavy (non-hydrogen) atoms. The van der Waals surface area contributed by atoms with Gasteiger partial charge in [-0.05, 0) is 36.4 Å². The van der Waals surface area contributed by atoms with E-state index in [1.165, 1.54) is 24.2 Å². The lowest BCUT2D eigenvalue weighted by molar-refractivity contribution is 0.0751. The average Bonchev–Trinajstić information content (AvgIpc) is 3.55. The van der Waals surface area contributed by atoms with Gasteiger partial charge in [-0.2, -0.15) is 4.98 Å². The normalized spacial score (nSPS) is 17.8. The number of hydrogen-bond acceptors (Lipinski definition) is 7. The highest BCUT2D eigenvalue weighted by molar-refractivity contribution is 7.12. The number of nitrogens with zero attached hydrogens (tertiary/aromatic N) is 5. The molecule has 0 N–H and O–H groups in total. The van der Waals surface area contributed by atoms with Gasteiger partial charge in [0.05, 0.1) is 4.88 Å². The van der Waals surface area contributed by atoms with Crippen LogP contribution >= 0.6 is 11.3 Å². The predicted octanol–water partition coefficient (Wildman–Crippen LogP) is 3.81. The number of carbonyl (C=O) groups excluding carboxylic acids is 1. The van der Waals surface area contributed by atoms with Crippen LogP contribution < -0.4 is 4.90 Å². The number of anilines is 1. The van der Waals surface area contributed by atoms with Crippen molar-refractivity contribution in [3.63, 3.8) is 0 Å². The van der Waals surface area contributed by atoms with Crippen molar-refractivity contribution in [2.75, 3.05) is 31.1 Å². The van der Waals surface area contributed by atoms with Gasteiger partial charge in [-0.25, -0.2) is 4.98 Å². The van der Waals surface area contributed by atoms with Gasteiger partial charge in [0.25, 0.3) is 5.91 Å². The summed E-state index contributed by atoms with van der Waals surface area (Å²) >= 11 is 1.49. The molecule has 1 saturated heterocycles. The molecule has 0 radical (unpaired) electrons. The molecule has 5 rings (SSSR count). The Balaban J connectivity index is 1.21. The number of rotatable bonds is 4. The van der Waals surface area contributed by atoms with Crippen LogP contribution in [0, 0.1) is 0 Å². The van der Waals surface area contributed by atoms with Gasteiger partial charge in [0.15, 0.2) is 0 Å². The smallest absolute Gasteiger partial charge is 0.264 e. The van der Waals surface area contributed by atoms with Crippen molar-refractivity contribution in [3.05, 3.63) is 46.6 Å². The molecule has 3 aromatic heterocycles. The summed E-state index contributed by atoms with van der Waals surface area (Å²) in [5.41, 5.74) is 0.869. The van der Waals surface area contributed by atoms with Crippen LogP contribution in [0.3, 0.4) is 0 Å². The molecular formula is C21H23N5O2S. The molecule has 7 nitrogen and oxygen atoms in total. The van der Waals surface area contributed by atoms with Crippen LogP contribution in [0.5, 0.6) is 0 Å². The lowest BCUT2D eigenvalue weighted by atomic mass is 10.1. The summed E-state index contributed by atoms with van der Waals surface area (Å²) in [7, 11) is 0. The lowest BCUT2D eigenvalue weighted by Gasteiger charge is -2.35. The molecule has 1 saturated carbocycles. The van der Waals surface area contributed by atoms with Crippen molar-refractivity contribution in [1.82, 2.24) is 20.0 Å². The number of piperazine rings is 1. The summed E-state index contributed by atoms with van der Waals surface area (Å²) in [5.74, 6) is 2.82. The fraction of sp³-hybridized carbons (Fsp3) is 0.429. The number of hydrogen-bond donors (Lipinski definition) is 0. The highest BCUT2D eigenvalue weighted by Crippen LogP contribution is 2.34. The third-order valence-electron chi connectivity index (χ3n) is 5.78. The summed E-state index contributed by atoms with van der Waals surface area (Å²) in [6, 6.07) is 7.79. The first-order chi connectivity index (χ1) is 14.3. The number of aromatic nitrogens is 3. The predicted molar refractivity (Wildman–Crippen MR) is 111 cm³/mol. The van der Waals surface area contributed by atoms with Crippen LogP contribution in [0.25, 0.3) is 11.4 Å². The van der Waals surface area contributed by atoms with E-state index >= 15 is 0 Å². The first kappa shape index (κ1) is 18.3. The maximum Gasteiger partial charge on any atom is 0.264 e. The summed E-state index contributed by atoms with van der Waals surface area (Å²) in [4.78, 5) is 26.6. The fourth-order valence-electron chi connectivity index (χ4n) is 4.09. The Kier molecular flexibility index (Phi) is 5.01. The van der Waals surface area contributed by atoms with Crippen molar-refractivity contribution in [2.45, 2.75) is 31.6 Å². The zero-order chi connectivity index (χ0) is 19.6. The van der Waals surface area contributed by atoms with Gasteiger partial charge < -0.3 is 14.3 Å². The van der Waals surface area contributed by atoms with E-state index < -0.39 is 0 Å². The molecule has 0 atom stereocenters. The van der Waals surface area contributed by atoms with Crippen LogP contribution in [-0.2, 0) is 0 Å². The SMILES string of the molecule is O=C(c1cccs1)N1CCN(c2ccc(-c3noc(C4CCCC4)n3)cn2)CC1. The minimum Gasteiger partial charge on any atom is -0.353 e. The Morgan fingerprint density at radius 1 is 1.10 bits per heavy atom. The average molecular weight is 410 g/mol. The third-order valence-corrected chi connectivity index (χ3v) is 6.63. The Morgan fingerprint density at radius 2 is 1.93 bits per heavy atom. The molecule has 4 heterocycles. The van der Waals surface area contributed by atoms with E-state index in [9.17, 15) is 4.79 Å². The molecule has 0 bridgehead atoms. The fourth-order valence-corrected chi connectivity index (χ4v) is 4.78. The first-order valence-electron chi connectivity index (χ1n) is 10.2.